The maximum Gasteiger partial charge on any atom is 0.307 e. The third kappa shape index (κ3) is 7.47. The fraction of sp³-hybridized carbons (Fsp3) is 0.296. The van der Waals surface area contributed by atoms with Crippen molar-refractivity contribution in [3.8, 4) is 5.75 Å². The minimum Gasteiger partial charge on any atom is -0.493 e. The van der Waals surface area contributed by atoms with Crippen LogP contribution in [-0.2, 0) is 17.6 Å². The van der Waals surface area contributed by atoms with Crippen molar-refractivity contribution < 1.29 is 24.6 Å². The van der Waals surface area contributed by atoms with E-state index in [2.05, 4.69) is 12.1 Å². The summed E-state index contributed by atoms with van der Waals surface area (Å²) in [6.07, 6.45) is 9.30. The van der Waals surface area contributed by atoms with Crippen LogP contribution in [0.15, 0.2) is 70.8 Å². The second kappa shape index (κ2) is 13.2. The Kier molecular flexibility index (Phi) is 9.99. The lowest BCUT2D eigenvalue weighted by molar-refractivity contribution is -0.136. The number of carbonyl (C=O) groups excluding carboxylic acids is 1. The molecule has 0 aliphatic heterocycles. The van der Waals surface area contributed by atoms with Crippen LogP contribution >= 0.6 is 23.4 Å². The fourth-order valence-electron chi connectivity index (χ4n) is 3.74. The van der Waals surface area contributed by atoms with E-state index in [9.17, 15) is 14.8 Å². The Hall–Kier alpha value is -3.03. The lowest BCUT2D eigenvalue weighted by atomic mass is 9.89. The molecule has 0 amide bonds. The molecular weight excluding hydrogens is 486 g/mol. The maximum absolute atomic E-state index is 13.0. The number of aryl methyl sites for hydroxylation is 1. The van der Waals surface area contributed by atoms with Crippen LogP contribution in [0.5, 0.6) is 5.75 Å². The zero-order valence-corrected chi connectivity index (χ0v) is 21.0. The van der Waals surface area contributed by atoms with E-state index in [-0.39, 0.29) is 12.2 Å². The van der Waals surface area contributed by atoms with Crippen molar-refractivity contribution in [2.75, 3.05) is 12.4 Å². The van der Waals surface area contributed by atoms with Crippen LogP contribution in [0.25, 0.3) is 0 Å². The molecule has 6 nitrogen and oxygen atoms in total. The van der Waals surface area contributed by atoms with Crippen molar-refractivity contribution in [3.63, 3.8) is 0 Å². The standard InChI is InChI=1S/C27H28ClNO5S/c1-2-6-19-17-20(27(32)21-7-3-4-8-23(21)29-33)10-11-24(19)34-13-5-14-35-25-12-9-18(15-22(25)28)16-26(30)31/h3-4,7-12,15,17,21,33H,2,5-6,13-14,16H2,1H3,(H,30,31). The van der Waals surface area contributed by atoms with E-state index in [1.54, 1.807) is 54.3 Å². The number of thioether (sulfide) groups is 1. The molecule has 3 rings (SSSR count). The molecule has 1 atom stereocenters. The summed E-state index contributed by atoms with van der Waals surface area (Å²) in [5, 5.41) is 21.9. The summed E-state index contributed by atoms with van der Waals surface area (Å²) in [5.41, 5.74) is 2.53. The third-order valence-corrected chi connectivity index (χ3v) is 7.00. The normalized spacial score (nSPS) is 15.9. The summed E-state index contributed by atoms with van der Waals surface area (Å²) < 4.78 is 6.03. The maximum atomic E-state index is 13.0. The lowest BCUT2D eigenvalue weighted by Crippen LogP contribution is -2.22. The van der Waals surface area contributed by atoms with Crippen LogP contribution in [0, 0.1) is 5.92 Å². The molecule has 184 valence electrons. The molecule has 0 bridgehead atoms. The summed E-state index contributed by atoms with van der Waals surface area (Å²) in [6.45, 7) is 2.59. The summed E-state index contributed by atoms with van der Waals surface area (Å²) in [4.78, 5) is 24.8. The summed E-state index contributed by atoms with van der Waals surface area (Å²) in [7, 11) is 0. The molecule has 8 heteroatoms. The third-order valence-electron chi connectivity index (χ3n) is 5.42. The van der Waals surface area contributed by atoms with Gasteiger partial charge in [0.05, 0.1) is 29.7 Å². The van der Waals surface area contributed by atoms with E-state index in [1.807, 2.05) is 18.2 Å². The molecule has 2 aromatic carbocycles. The molecule has 0 heterocycles. The van der Waals surface area contributed by atoms with Gasteiger partial charge in [-0.3, -0.25) is 9.59 Å². The van der Waals surface area contributed by atoms with Gasteiger partial charge in [-0.15, -0.1) is 11.8 Å². The fourth-order valence-corrected chi connectivity index (χ4v) is 4.95. The number of oxime groups is 1. The Balaban J connectivity index is 1.56. The molecule has 0 saturated carbocycles. The van der Waals surface area contributed by atoms with Gasteiger partial charge in [-0.05, 0) is 60.4 Å². The van der Waals surface area contributed by atoms with Gasteiger partial charge in [-0.1, -0.05) is 54.4 Å². The number of hydrogen-bond donors (Lipinski definition) is 2. The number of ketones is 1. The number of carbonyl (C=O) groups is 2. The molecule has 0 saturated heterocycles. The molecule has 2 aromatic rings. The molecule has 2 N–H and O–H groups in total. The molecule has 0 aromatic heterocycles. The number of ether oxygens (including phenoxy) is 1. The summed E-state index contributed by atoms with van der Waals surface area (Å²) in [6, 6.07) is 10.8. The van der Waals surface area contributed by atoms with Crippen LogP contribution < -0.4 is 4.74 Å². The monoisotopic (exact) mass is 513 g/mol. The van der Waals surface area contributed by atoms with Crippen LogP contribution in [0.3, 0.4) is 0 Å². The molecular formula is C27H28ClNO5S. The van der Waals surface area contributed by atoms with Crippen molar-refractivity contribution >= 4 is 40.8 Å². The zero-order valence-electron chi connectivity index (χ0n) is 19.4. The predicted molar refractivity (Wildman–Crippen MR) is 139 cm³/mol. The number of carboxylic acid groups (broad SMARTS) is 1. The number of allylic oxidation sites excluding steroid dienone is 4. The topological polar surface area (TPSA) is 96.2 Å². The predicted octanol–water partition coefficient (Wildman–Crippen LogP) is 6.24. The molecule has 0 spiro atoms. The van der Waals surface area contributed by atoms with E-state index in [0.29, 0.717) is 28.5 Å². The van der Waals surface area contributed by atoms with Gasteiger partial charge in [-0.2, -0.15) is 0 Å². The molecule has 1 aliphatic carbocycles. The first-order chi connectivity index (χ1) is 16.9. The van der Waals surface area contributed by atoms with E-state index >= 15 is 0 Å². The Morgan fingerprint density at radius 2 is 2.00 bits per heavy atom. The first-order valence-electron chi connectivity index (χ1n) is 11.4. The highest BCUT2D eigenvalue weighted by Crippen LogP contribution is 2.29. The highest BCUT2D eigenvalue weighted by molar-refractivity contribution is 7.99. The van der Waals surface area contributed by atoms with Crippen LogP contribution in [0.2, 0.25) is 5.02 Å². The first kappa shape index (κ1) is 26.6. The molecule has 35 heavy (non-hydrogen) atoms. The van der Waals surface area contributed by atoms with Gasteiger partial charge < -0.3 is 15.1 Å². The smallest absolute Gasteiger partial charge is 0.307 e. The van der Waals surface area contributed by atoms with Crippen LogP contribution in [0.4, 0.5) is 0 Å². The highest BCUT2D eigenvalue weighted by Gasteiger charge is 2.24. The van der Waals surface area contributed by atoms with Gasteiger partial charge >= 0.3 is 5.97 Å². The van der Waals surface area contributed by atoms with Gasteiger partial charge in [0.15, 0.2) is 5.78 Å². The highest BCUT2D eigenvalue weighted by atomic mass is 35.5. The van der Waals surface area contributed by atoms with Gasteiger partial charge in [0.25, 0.3) is 0 Å². The number of nitrogens with zero attached hydrogens (tertiary/aromatic N) is 1. The number of halogens is 1. The number of rotatable bonds is 12. The summed E-state index contributed by atoms with van der Waals surface area (Å²) >= 11 is 7.89. The number of Topliss-reactive ketones (excluding diaryl/α,β-unsaturated/α-hetero) is 1. The zero-order chi connectivity index (χ0) is 25.2. The average molecular weight is 514 g/mol. The minimum absolute atomic E-state index is 0.0480. The number of hydrogen-bond acceptors (Lipinski definition) is 6. The Morgan fingerprint density at radius 3 is 2.71 bits per heavy atom. The van der Waals surface area contributed by atoms with Crippen molar-refractivity contribution in [3.05, 3.63) is 82.4 Å². The number of benzene rings is 2. The molecule has 1 unspecified atom stereocenters. The Labute approximate surface area is 214 Å². The molecule has 1 aliphatic rings. The second-order valence-corrected chi connectivity index (χ2v) is 9.61. The quantitative estimate of drug-likeness (QED) is 0.115. The van der Waals surface area contributed by atoms with Crippen molar-refractivity contribution in [2.45, 2.75) is 37.5 Å². The summed E-state index contributed by atoms with van der Waals surface area (Å²) in [5.74, 6) is -0.0503. The van der Waals surface area contributed by atoms with Gasteiger partial charge in [0.2, 0.25) is 0 Å². The van der Waals surface area contributed by atoms with Gasteiger partial charge in [0.1, 0.15) is 5.75 Å². The lowest BCUT2D eigenvalue weighted by Gasteiger charge is -2.16. The van der Waals surface area contributed by atoms with Crippen LogP contribution in [-0.4, -0.2) is 40.1 Å². The largest absolute Gasteiger partial charge is 0.493 e. The SMILES string of the molecule is CCCc1cc(C(=O)C2C=CC=CC2=NO)ccc1OCCCSc1ccc(CC(=O)O)cc1Cl. The second-order valence-electron chi connectivity index (χ2n) is 8.07. The van der Waals surface area contributed by atoms with E-state index in [4.69, 9.17) is 21.4 Å². The van der Waals surface area contributed by atoms with Crippen molar-refractivity contribution in [1.82, 2.24) is 0 Å². The number of carboxylic acids is 1. The van der Waals surface area contributed by atoms with Crippen LogP contribution in [0.1, 0.15) is 41.3 Å². The van der Waals surface area contributed by atoms with Crippen molar-refractivity contribution in [2.24, 2.45) is 11.1 Å². The number of aliphatic carboxylic acids is 1. The minimum atomic E-state index is -0.884. The first-order valence-corrected chi connectivity index (χ1v) is 12.8. The Bertz CT molecular complexity index is 1160. The van der Waals surface area contributed by atoms with Crippen molar-refractivity contribution in [1.29, 1.82) is 0 Å². The van der Waals surface area contributed by atoms with Gasteiger partial charge in [-0.25, -0.2) is 0 Å². The Morgan fingerprint density at radius 1 is 1.17 bits per heavy atom. The molecule has 0 fully saturated rings. The van der Waals surface area contributed by atoms with E-state index < -0.39 is 11.9 Å². The average Bonchev–Trinajstić information content (AvgIpc) is 2.85. The van der Waals surface area contributed by atoms with Gasteiger partial charge in [0, 0.05) is 16.2 Å². The molecule has 0 radical (unpaired) electrons. The van der Waals surface area contributed by atoms with E-state index in [0.717, 1.165) is 41.2 Å². The van der Waals surface area contributed by atoms with E-state index in [1.165, 1.54) is 0 Å².